The Morgan fingerprint density at radius 1 is 1.15 bits per heavy atom. The van der Waals surface area contributed by atoms with Crippen LogP contribution in [0.15, 0.2) is 24.3 Å². The maximum atomic E-state index is 11.5. The molecule has 0 heterocycles. The third kappa shape index (κ3) is 5.71. The normalized spacial score (nSPS) is 11.6. The Morgan fingerprint density at radius 3 is 2.25 bits per heavy atom. The summed E-state index contributed by atoms with van der Waals surface area (Å²) in [7, 11) is 5.94. The number of nitrogens with one attached hydrogen (secondary N) is 3. The number of hydrogen-bond acceptors (Lipinski definition) is 3. The van der Waals surface area contributed by atoms with Crippen molar-refractivity contribution in [2.45, 2.75) is 13.5 Å². The number of quaternary nitrogens is 1. The summed E-state index contributed by atoms with van der Waals surface area (Å²) in [6.45, 7) is 2.40. The van der Waals surface area contributed by atoms with Gasteiger partial charge in [-0.3, -0.25) is 20.4 Å². The second-order valence-electron chi connectivity index (χ2n) is 5.10. The van der Waals surface area contributed by atoms with Crippen molar-refractivity contribution >= 4 is 17.5 Å². The molecule has 1 aromatic rings. The predicted molar refractivity (Wildman–Crippen MR) is 78.2 cm³/mol. The van der Waals surface area contributed by atoms with Gasteiger partial charge in [-0.25, -0.2) is 0 Å². The van der Waals surface area contributed by atoms with E-state index in [-0.39, 0.29) is 11.8 Å². The molecule has 1 rings (SSSR count). The molecule has 1 unspecified atom stereocenters. The highest BCUT2D eigenvalue weighted by Crippen LogP contribution is 2.11. The second kappa shape index (κ2) is 7.49. The smallest absolute Gasteiger partial charge is 0.293 e. The molecule has 1 atom stereocenters. The minimum atomic E-state index is -0.282. The molecule has 0 saturated carbocycles. The molecular weight excluding hydrogens is 256 g/mol. The van der Waals surface area contributed by atoms with Gasteiger partial charge in [-0.1, -0.05) is 12.1 Å². The van der Waals surface area contributed by atoms with E-state index in [4.69, 9.17) is 0 Å². The Hall–Kier alpha value is -2.08. The van der Waals surface area contributed by atoms with Crippen LogP contribution in [0, 0.1) is 0 Å². The van der Waals surface area contributed by atoms with Crippen molar-refractivity contribution in [3.63, 3.8) is 0 Å². The molecule has 0 spiro atoms. The van der Waals surface area contributed by atoms with Gasteiger partial charge in [0.25, 0.3) is 5.91 Å². The lowest BCUT2D eigenvalue weighted by Crippen LogP contribution is -3.09. The summed E-state index contributed by atoms with van der Waals surface area (Å²) in [5.74, 6) is -0.488. The van der Waals surface area contributed by atoms with E-state index in [0.29, 0.717) is 6.54 Å². The van der Waals surface area contributed by atoms with Gasteiger partial charge in [0.05, 0.1) is 7.05 Å². The number of carbonyl (C=O) groups is 2. The Morgan fingerprint density at radius 2 is 1.75 bits per heavy atom. The topological polar surface area (TPSA) is 65.9 Å². The fourth-order valence-electron chi connectivity index (χ4n) is 1.80. The zero-order chi connectivity index (χ0) is 15.1. The van der Waals surface area contributed by atoms with Gasteiger partial charge in [0.15, 0.2) is 6.54 Å². The van der Waals surface area contributed by atoms with Gasteiger partial charge in [-0.2, -0.15) is 0 Å². The fourth-order valence-corrected chi connectivity index (χ4v) is 1.80. The van der Waals surface area contributed by atoms with Crippen LogP contribution in [0.4, 0.5) is 5.69 Å². The van der Waals surface area contributed by atoms with Gasteiger partial charge in [0, 0.05) is 32.3 Å². The van der Waals surface area contributed by atoms with Gasteiger partial charge in [0.2, 0.25) is 5.91 Å². The van der Waals surface area contributed by atoms with Crippen molar-refractivity contribution in [1.29, 1.82) is 0 Å². The molecule has 0 fully saturated rings. The summed E-state index contributed by atoms with van der Waals surface area (Å²) in [5, 5.41) is 0. The zero-order valence-corrected chi connectivity index (χ0v) is 12.5. The first-order valence-electron chi connectivity index (χ1n) is 6.51. The van der Waals surface area contributed by atoms with Crippen LogP contribution in [0.3, 0.4) is 0 Å². The van der Waals surface area contributed by atoms with Crippen LogP contribution in [0.2, 0.25) is 0 Å². The molecule has 6 nitrogen and oxygen atoms in total. The minimum absolute atomic E-state index is 0.206. The van der Waals surface area contributed by atoms with E-state index in [9.17, 15) is 9.59 Å². The van der Waals surface area contributed by atoms with Crippen LogP contribution >= 0.6 is 0 Å². The average molecular weight is 279 g/mol. The number of likely N-dealkylation sites (N-methyl/N-ethyl adjacent to an activating group) is 1. The molecule has 1 aromatic carbocycles. The van der Waals surface area contributed by atoms with Crippen LogP contribution < -0.4 is 20.7 Å². The van der Waals surface area contributed by atoms with Crippen LogP contribution in [0.5, 0.6) is 0 Å². The second-order valence-corrected chi connectivity index (χ2v) is 5.10. The molecule has 110 valence electrons. The molecule has 6 heteroatoms. The van der Waals surface area contributed by atoms with E-state index in [1.54, 1.807) is 0 Å². The van der Waals surface area contributed by atoms with Crippen LogP contribution in [0.1, 0.15) is 12.5 Å². The van der Waals surface area contributed by atoms with E-state index < -0.39 is 0 Å². The molecule has 0 aromatic heterocycles. The van der Waals surface area contributed by atoms with Crippen molar-refractivity contribution in [1.82, 2.24) is 10.9 Å². The first-order valence-corrected chi connectivity index (χ1v) is 6.51. The molecule has 2 amide bonds. The predicted octanol–water partition coefficient (Wildman–Crippen LogP) is -1.07. The minimum Gasteiger partial charge on any atom is -0.378 e. The van der Waals surface area contributed by atoms with E-state index in [0.717, 1.165) is 17.1 Å². The molecule has 3 N–H and O–H groups in total. The van der Waals surface area contributed by atoms with E-state index in [1.807, 2.05) is 26.0 Å². The van der Waals surface area contributed by atoms with Gasteiger partial charge in [-0.05, 0) is 12.1 Å². The lowest BCUT2D eigenvalue weighted by molar-refractivity contribution is -0.885. The highest BCUT2D eigenvalue weighted by atomic mass is 16.2. The molecule has 0 aliphatic carbocycles. The highest BCUT2D eigenvalue weighted by Gasteiger charge is 2.10. The molecule has 0 saturated heterocycles. The van der Waals surface area contributed by atoms with Crippen LogP contribution in [-0.4, -0.2) is 39.5 Å². The average Bonchev–Trinajstić information content (AvgIpc) is 2.36. The van der Waals surface area contributed by atoms with Crippen molar-refractivity contribution in [3.05, 3.63) is 29.8 Å². The van der Waals surface area contributed by atoms with Crippen molar-refractivity contribution in [2.24, 2.45) is 0 Å². The number of hydrazine groups is 1. The van der Waals surface area contributed by atoms with Gasteiger partial charge in [0.1, 0.15) is 6.54 Å². The molecule has 0 bridgehead atoms. The van der Waals surface area contributed by atoms with Crippen molar-refractivity contribution in [3.8, 4) is 0 Å². The first kappa shape index (κ1) is 16.0. The van der Waals surface area contributed by atoms with Crippen molar-refractivity contribution < 1.29 is 14.5 Å². The maximum absolute atomic E-state index is 11.5. The number of rotatable bonds is 5. The number of benzene rings is 1. The Kier molecular flexibility index (Phi) is 5.99. The fraction of sp³-hybridized carbons (Fsp3) is 0.429. The van der Waals surface area contributed by atoms with Crippen molar-refractivity contribution in [2.75, 3.05) is 32.6 Å². The molecule has 0 radical (unpaired) electrons. The summed E-state index contributed by atoms with van der Waals surface area (Å²) < 4.78 is 0. The molecule has 20 heavy (non-hydrogen) atoms. The third-order valence-electron chi connectivity index (χ3n) is 2.80. The summed E-state index contributed by atoms with van der Waals surface area (Å²) in [6.07, 6.45) is 0. The van der Waals surface area contributed by atoms with Gasteiger partial charge >= 0.3 is 0 Å². The lowest BCUT2D eigenvalue weighted by Gasteiger charge is -2.15. The van der Waals surface area contributed by atoms with Crippen LogP contribution in [-0.2, 0) is 16.1 Å². The summed E-state index contributed by atoms with van der Waals surface area (Å²) in [4.78, 5) is 25.3. The molecule has 0 aliphatic heterocycles. The van der Waals surface area contributed by atoms with E-state index in [1.165, 1.54) is 12.5 Å². The number of nitrogens with zero attached hydrogens (tertiary/aromatic N) is 1. The number of carbonyl (C=O) groups excluding carboxylic acids is 2. The Balaban J connectivity index is 2.43. The molecular formula is C14H23N4O2+. The number of hydrogen-bond donors (Lipinski definition) is 3. The van der Waals surface area contributed by atoms with Gasteiger partial charge < -0.3 is 9.80 Å². The Labute approximate surface area is 119 Å². The molecule has 0 aliphatic rings. The first-order chi connectivity index (χ1) is 9.38. The lowest BCUT2D eigenvalue weighted by atomic mass is 10.2. The van der Waals surface area contributed by atoms with Gasteiger partial charge in [-0.15, -0.1) is 0 Å². The maximum Gasteiger partial charge on any atom is 0.293 e. The Bertz CT molecular complexity index is 457. The van der Waals surface area contributed by atoms with E-state index >= 15 is 0 Å². The monoisotopic (exact) mass is 279 g/mol. The number of amides is 2. The van der Waals surface area contributed by atoms with E-state index in [2.05, 4.69) is 35.1 Å². The van der Waals surface area contributed by atoms with Crippen LogP contribution in [0.25, 0.3) is 0 Å². The SMILES string of the molecule is CC(=O)NNC(=O)C[NH+](C)Cc1ccc(N(C)C)cc1. The number of anilines is 1. The standard InChI is InChI=1S/C14H22N4O2/c1-11(19)15-16-14(20)10-18(4)9-12-5-7-13(8-6-12)17(2)3/h5-8H,9-10H2,1-4H3,(H,15,19)(H,16,20)/p+1. The third-order valence-corrected chi connectivity index (χ3v) is 2.80. The summed E-state index contributed by atoms with van der Waals surface area (Å²) in [5.41, 5.74) is 6.95. The summed E-state index contributed by atoms with van der Waals surface area (Å²) >= 11 is 0. The summed E-state index contributed by atoms with van der Waals surface area (Å²) in [6, 6.07) is 8.23. The zero-order valence-electron chi connectivity index (χ0n) is 12.5. The highest BCUT2D eigenvalue weighted by molar-refractivity contribution is 5.81. The largest absolute Gasteiger partial charge is 0.378 e. The quantitative estimate of drug-likeness (QED) is 0.602.